The number of nitrogen functional groups attached to an aromatic ring is 1. The Balaban J connectivity index is 2.21. The van der Waals surface area contributed by atoms with Crippen LogP contribution in [-0.4, -0.2) is 17.0 Å². The molecule has 0 saturated carbocycles. The van der Waals surface area contributed by atoms with Crippen LogP contribution >= 0.6 is 22.9 Å². The molecule has 0 unspecified atom stereocenters. The quantitative estimate of drug-likeness (QED) is 0.914. The summed E-state index contributed by atoms with van der Waals surface area (Å²) in [7, 11) is 1.92. The molecule has 4 nitrogen and oxygen atoms in total. The van der Waals surface area contributed by atoms with Crippen LogP contribution in [0.25, 0.3) is 0 Å². The first-order chi connectivity index (χ1) is 7.68. The zero-order valence-electron chi connectivity index (χ0n) is 8.72. The van der Waals surface area contributed by atoms with Gasteiger partial charge in [0.1, 0.15) is 17.2 Å². The summed E-state index contributed by atoms with van der Waals surface area (Å²) in [5.74, 6) is 0.965. The van der Waals surface area contributed by atoms with Crippen molar-refractivity contribution in [2.24, 2.45) is 0 Å². The molecule has 0 atom stereocenters. The van der Waals surface area contributed by atoms with Crippen molar-refractivity contribution in [3.8, 4) is 0 Å². The highest BCUT2D eigenvalue weighted by Gasteiger charge is 2.11. The predicted molar refractivity (Wildman–Crippen MR) is 67.9 cm³/mol. The van der Waals surface area contributed by atoms with E-state index in [0.717, 1.165) is 6.54 Å². The topological polar surface area (TPSA) is 55.0 Å². The predicted octanol–water partition coefficient (Wildman–Crippen LogP) is 2.41. The zero-order valence-corrected chi connectivity index (χ0v) is 10.3. The van der Waals surface area contributed by atoms with Crippen LogP contribution in [0.3, 0.4) is 0 Å². The lowest BCUT2D eigenvalue weighted by Gasteiger charge is -2.18. The Bertz CT molecular complexity index is 472. The second kappa shape index (κ2) is 4.67. The van der Waals surface area contributed by atoms with Gasteiger partial charge in [0.25, 0.3) is 0 Å². The zero-order chi connectivity index (χ0) is 11.5. The minimum absolute atomic E-state index is 0.310. The van der Waals surface area contributed by atoms with Crippen molar-refractivity contribution < 1.29 is 0 Å². The number of rotatable bonds is 3. The van der Waals surface area contributed by atoms with E-state index in [1.54, 1.807) is 11.3 Å². The van der Waals surface area contributed by atoms with Crippen LogP contribution < -0.4 is 10.6 Å². The van der Waals surface area contributed by atoms with E-state index in [4.69, 9.17) is 17.3 Å². The molecule has 2 aromatic rings. The summed E-state index contributed by atoms with van der Waals surface area (Å²) in [4.78, 5) is 11.2. The molecular formula is C10H11ClN4S. The van der Waals surface area contributed by atoms with E-state index in [-0.39, 0.29) is 0 Å². The number of nitrogens with zero attached hydrogens (tertiary/aromatic N) is 3. The Morgan fingerprint density at radius 2 is 2.31 bits per heavy atom. The molecule has 0 fully saturated rings. The van der Waals surface area contributed by atoms with Gasteiger partial charge in [0, 0.05) is 11.9 Å². The van der Waals surface area contributed by atoms with Crippen molar-refractivity contribution in [2.75, 3.05) is 17.7 Å². The van der Waals surface area contributed by atoms with Gasteiger partial charge in [-0.05, 0) is 11.4 Å². The van der Waals surface area contributed by atoms with E-state index < -0.39 is 0 Å². The molecule has 0 bridgehead atoms. The molecule has 2 N–H and O–H groups in total. The Labute approximate surface area is 103 Å². The lowest BCUT2D eigenvalue weighted by molar-refractivity contribution is 0.906. The third-order valence-corrected chi connectivity index (χ3v) is 3.36. The van der Waals surface area contributed by atoms with Crippen LogP contribution in [0.4, 0.5) is 11.6 Å². The third kappa shape index (κ3) is 2.25. The maximum Gasteiger partial charge on any atom is 0.153 e. The van der Waals surface area contributed by atoms with Crippen molar-refractivity contribution in [2.45, 2.75) is 6.54 Å². The van der Waals surface area contributed by atoms with E-state index >= 15 is 0 Å². The molecule has 2 rings (SSSR count). The second-order valence-corrected chi connectivity index (χ2v) is 4.74. The molecule has 0 aliphatic heterocycles. The highest BCUT2D eigenvalue weighted by Crippen LogP contribution is 2.27. The number of hydrogen-bond acceptors (Lipinski definition) is 5. The Hall–Kier alpha value is -1.33. The van der Waals surface area contributed by atoms with E-state index in [2.05, 4.69) is 16.0 Å². The number of nitrogens with two attached hydrogens (primary N) is 1. The minimum Gasteiger partial charge on any atom is -0.382 e. The fourth-order valence-corrected chi connectivity index (χ4v) is 2.35. The van der Waals surface area contributed by atoms with Crippen molar-refractivity contribution in [3.63, 3.8) is 0 Å². The van der Waals surface area contributed by atoms with Crippen LogP contribution in [0.2, 0.25) is 5.02 Å². The van der Waals surface area contributed by atoms with E-state index in [1.165, 1.54) is 11.2 Å². The first kappa shape index (κ1) is 11.2. The van der Waals surface area contributed by atoms with Gasteiger partial charge in [-0.1, -0.05) is 17.7 Å². The minimum atomic E-state index is 0.310. The molecule has 0 saturated heterocycles. The maximum absolute atomic E-state index is 6.04. The van der Waals surface area contributed by atoms with Crippen molar-refractivity contribution >= 4 is 34.6 Å². The monoisotopic (exact) mass is 254 g/mol. The first-order valence-electron chi connectivity index (χ1n) is 4.68. The van der Waals surface area contributed by atoms with Crippen LogP contribution in [-0.2, 0) is 6.54 Å². The summed E-state index contributed by atoms with van der Waals surface area (Å²) < 4.78 is 0. The van der Waals surface area contributed by atoms with Gasteiger partial charge in [0.2, 0.25) is 0 Å². The standard InChI is InChI=1S/C10H11ClN4S/c1-15(5-7-3-2-4-16-7)10-8(11)9(12)13-6-14-10/h2-4,6H,5H2,1H3,(H2,12,13,14). The average molecular weight is 255 g/mol. The Morgan fingerprint density at radius 3 is 3.00 bits per heavy atom. The van der Waals surface area contributed by atoms with Crippen LogP contribution in [0.5, 0.6) is 0 Å². The molecule has 6 heteroatoms. The Kier molecular flexibility index (Phi) is 3.26. The number of aromatic nitrogens is 2. The summed E-state index contributed by atoms with van der Waals surface area (Å²) in [6.07, 6.45) is 1.42. The SMILES string of the molecule is CN(Cc1cccs1)c1ncnc(N)c1Cl. The van der Waals surface area contributed by atoms with Crippen LogP contribution in [0, 0.1) is 0 Å². The maximum atomic E-state index is 6.04. The van der Waals surface area contributed by atoms with Crippen molar-refractivity contribution in [1.82, 2.24) is 9.97 Å². The molecule has 0 aromatic carbocycles. The highest BCUT2D eigenvalue weighted by molar-refractivity contribution is 7.09. The number of halogens is 1. The van der Waals surface area contributed by atoms with Gasteiger partial charge in [-0.15, -0.1) is 11.3 Å². The lowest BCUT2D eigenvalue weighted by Crippen LogP contribution is -2.18. The molecule has 0 radical (unpaired) electrons. The van der Waals surface area contributed by atoms with Gasteiger partial charge in [0.15, 0.2) is 5.82 Å². The summed E-state index contributed by atoms with van der Waals surface area (Å²) in [5.41, 5.74) is 5.62. The number of anilines is 2. The summed E-state index contributed by atoms with van der Waals surface area (Å²) in [6.45, 7) is 0.758. The fraction of sp³-hybridized carbons (Fsp3) is 0.200. The van der Waals surface area contributed by atoms with Crippen molar-refractivity contribution in [1.29, 1.82) is 0 Å². The summed E-state index contributed by atoms with van der Waals surface area (Å²) >= 11 is 7.74. The number of hydrogen-bond donors (Lipinski definition) is 1. The molecule has 0 spiro atoms. The van der Waals surface area contributed by atoms with E-state index in [9.17, 15) is 0 Å². The van der Waals surface area contributed by atoms with Gasteiger partial charge in [-0.3, -0.25) is 0 Å². The second-order valence-electron chi connectivity index (χ2n) is 3.33. The van der Waals surface area contributed by atoms with Gasteiger partial charge in [-0.2, -0.15) is 0 Å². The normalized spacial score (nSPS) is 10.4. The van der Waals surface area contributed by atoms with Crippen LogP contribution in [0.1, 0.15) is 4.88 Å². The molecule has 0 aliphatic rings. The molecule has 2 heterocycles. The summed E-state index contributed by atoms with van der Waals surface area (Å²) in [6, 6.07) is 4.09. The first-order valence-corrected chi connectivity index (χ1v) is 5.93. The van der Waals surface area contributed by atoms with E-state index in [0.29, 0.717) is 16.7 Å². The van der Waals surface area contributed by atoms with Crippen LogP contribution in [0.15, 0.2) is 23.8 Å². The highest BCUT2D eigenvalue weighted by atomic mass is 35.5. The van der Waals surface area contributed by atoms with Crippen molar-refractivity contribution in [3.05, 3.63) is 33.7 Å². The molecule has 16 heavy (non-hydrogen) atoms. The third-order valence-electron chi connectivity index (χ3n) is 2.13. The molecule has 0 amide bonds. The largest absolute Gasteiger partial charge is 0.382 e. The summed E-state index contributed by atoms with van der Waals surface area (Å²) in [5, 5.41) is 2.45. The van der Waals surface area contributed by atoms with Gasteiger partial charge >= 0.3 is 0 Å². The lowest BCUT2D eigenvalue weighted by atomic mass is 10.4. The fourth-order valence-electron chi connectivity index (χ4n) is 1.35. The average Bonchev–Trinajstić information content (AvgIpc) is 2.74. The Morgan fingerprint density at radius 1 is 1.50 bits per heavy atom. The molecule has 2 aromatic heterocycles. The van der Waals surface area contributed by atoms with Gasteiger partial charge in [0.05, 0.1) is 6.54 Å². The number of thiophene rings is 1. The molecular weight excluding hydrogens is 244 g/mol. The molecule has 84 valence electrons. The van der Waals surface area contributed by atoms with Gasteiger partial charge in [-0.25, -0.2) is 9.97 Å². The van der Waals surface area contributed by atoms with E-state index in [1.807, 2.05) is 23.4 Å². The molecule has 0 aliphatic carbocycles. The van der Waals surface area contributed by atoms with Gasteiger partial charge < -0.3 is 10.6 Å². The smallest absolute Gasteiger partial charge is 0.153 e.